The molecule has 0 aliphatic carbocycles. The molecule has 2 fully saturated rings. The van der Waals surface area contributed by atoms with E-state index < -0.39 is 0 Å². The van der Waals surface area contributed by atoms with E-state index in [1.165, 1.54) is 0 Å². The number of tetrazole rings is 1. The highest BCUT2D eigenvalue weighted by Crippen LogP contribution is 2.39. The van der Waals surface area contributed by atoms with Crippen LogP contribution in [0.3, 0.4) is 0 Å². The van der Waals surface area contributed by atoms with Crippen LogP contribution in [0.1, 0.15) is 35.6 Å². The molecule has 1 aromatic carbocycles. The Hall–Kier alpha value is -2.85. The topological polar surface area (TPSA) is 94.2 Å². The Morgan fingerprint density at radius 2 is 2.00 bits per heavy atom. The Labute approximate surface area is 180 Å². The van der Waals surface area contributed by atoms with Crippen molar-refractivity contribution in [3.8, 4) is 0 Å². The third-order valence-corrected chi connectivity index (χ3v) is 6.66. The van der Waals surface area contributed by atoms with Crippen LogP contribution < -0.4 is 0 Å². The number of aromatic nitrogens is 6. The fourth-order valence-corrected chi connectivity index (χ4v) is 5.08. The van der Waals surface area contributed by atoms with Gasteiger partial charge in [0.15, 0.2) is 11.5 Å². The van der Waals surface area contributed by atoms with Crippen molar-refractivity contribution in [2.45, 2.75) is 31.3 Å². The van der Waals surface area contributed by atoms with Crippen LogP contribution in [0.25, 0.3) is 10.9 Å². The summed E-state index contributed by atoms with van der Waals surface area (Å²) in [7, 11) is 3.55. The van der Waals surface area contributed by atoms with Crippen molar-refractivity contribution in [3.05, 3.63) is 35.8 Å². The number of likely N-dealkylation sites (tertiary alicyclic amines) is 2. The lowest BCUT2D eigenvalue weighted by molar-refractivity contribution is 0.0694. The number of carbonyl (C=O) groups excluding carboxylic acids is 1. The van der Waals surface area contributed by atoms with Crippen molar-refractivity contribution in [2.24, 2.45) is 7.05 Å². The number of fused-ring (bicyclic) bond motifs is 1. The first-order valence-corrected chi connectivity index (χ1v) is 10.9. The Balaban J connectivity index is 1.48. The Bertz CT molecular complexity index is 1090. The number of aryl methyl sites for hydroxylation is 1. The van der Waals surface area contributed by atoms with Gasteiger partial charge in [-0.2, -0.15) is 5.10 Å². The molecule has 1 atom stereocenters. The van der Waals surface area contributed by atoms with Crippen LogP contribution in [-0.2, 0) is 23.9 Å². The van der Waals surface area contributed by atoms with Gasteiger partial charge in [-0.05, 0) is 48.8 Å². The van der Waals surface area contributed by atoms with E-state index in [1.54, 1.807) is 11.8 Å². The van der Waals surface area contributed by atoms with Crippen molar-refractivity contribution < 1.29 is 9.53 Å². The summed E-state index contributed by atoms with van der Waals surface area (Å²) in [6.45, 7) is 4.32. The van der Waals surface area contributed by atoms with Gasteiger partial charge in [0.2, 0.25) is 0 Å². The predicted molar refractivity (Wildman–Crippen MR) is 113 cm³/mol. The van der Waals surface area contributed by atoms with E-state index in [-0.39, 0.29) is 11.4 Å². The Kier molecular flexibility index (Phi) is 5.19. The molecule has 164 valence electrons. The SMILES string of the molecule is COCCn1nnnc1C1(N2CCCC2)CCN(C(=O)c2nn(C)c3ccccc23)C1. The first-order valence-electron chi connectivity index (χ1n) is 10.9. The summed E-state index contributed by atoms with van der Waals surface area (Å²) < 4.78 is 8.86. The van der Waals surface area contributed by atoms with Crippen LogP contribution in [0.5, 0.6) is 0 Å². The summed E-state index contributed by atoms with van der Waals surface area (Å²) in [5.41, 5.74) is 1.09. The molecule has 1 unspecified atom stereocenters. The molecule has 10 nitrogen and oxygen atoms in total. The van der Waals surface area contributed by atoms with Gasteiger partial charge >= 0.3 is 0 Å². The minimum Gasteiger partial charge on any atom is -0.383 e. The van der Waals surface area contributed by atoms with Crippen LogP contribution in [0.4, 0.5) is 0 Å². The van der Waals surface area contributed by atoms with Crippen LogP contribution in [0.15, 0.2) is 24.3 Å². The Morgan fingerprint density at radius 1 is 1.19 bits per heavy atom. The maximum absolute atomic E-state index is 13.6. The fraction of sp³-hybridized carbons (Fsp3) is 0.571. The number of rotatable bonds is 6. The van der Waals surface area contributed by atoms with Crippen LogP contribution >= 0.6 is 0 Å². The number of amides is 1. The number of carbonyl (C=O) groups is 1. The molecule has 2 saturated heterocycles. The lowest BCUT2D eigenvalue weighted by atomic mass is 9.95. The van der Waals surface area contributed by atoms with E-state index in [1.807, 2.05) is 40.9 Å². The maximum atomic E-state index is 13.6. The van der Waals surface area contributed by atoms with Crippen molar-refractivity contribution in [1.29, 1.82) is 0 Å². The number of para-hydroxylation sites is 1. The van der Waals surface area contributed by atoms with Gasteiger partial charge in [-0.1, -0.05) is 18.2 Å². The number of methoxy groups -OCH3 is 1. The average Bonchev–Trinajstić information content (AvgIpc) is 3.58. The normalized spacial score (nSPS) is 22.1. The zero-order chi connectivity index (χ0) is 21.4. The van der Waals surface area contributed by atoms with Crippen molar-refractivity contribution in [1.82, 2.24) is 39.8 Å². The van der Waals surface area contributed by atoms with Crippen LogP contribution in [-0.4, -0.2) is 85.6 Å². The molecular formula is C21H28N8O2. The molecule has 2 aliphatic rings. The van der Waals surface area contributed by atoms with E-state index in [0.29, 0.717) is 31.9 Å². The van der Waals surface area contributed by atoms with Crippen molar-refractivity contribution >= 4 is 16.8 Å². The number of hydrogen-bond donors (Lipinski definition) is 0. The van der Waals surface area contributed by atoms with Gasteiger partial charge in [0.05, 0.1) is 18.7 Å². The first-order chi connectivity index (χ1) is 15.1. The number of benzene rings is 1. The maximum Gasteiger partial charge on any atom is 0.275 e. The minimum atomic E-state index is -0.381. The second kappa shape index (κ2) is 8.01. The molecule has 0 radical (unpaired) electrons. The number of hydrogen-bond acceptors (Lipinski definition) is 7. The average molecular weight is 425 g/mol. The molecule has 10 heteroatoms. The largest absolute Gasteiger partial charge is 0.383 e. The monoisotopic (exact) mass is 424 g/mol. The van der Waals surface area contributed by atoms with E-state index in [4.69, 9.17) is 4.74 Å². The van der Waals surface area contributed by atoms with E-state index >= 15 is 0 Å². The molecule has 0 saturated carbocycles. The fourth-order valence-electron chi connectivity index (χ4n) is 5.08. The molecule has 1 amide bonds. The van der Waals surface area contributed by atoms with Gasteiger partial charge in [-0.15, -0.1) is 5.10 Å². The molecule has 2 aromatic heterocycles. The lowest BCUT2D eigenvalue weighted by Crippen LogP contribution is -2.49. The zero-order valence-corrected chi connectivity index (χ0v) is 18.1. The van der Waals surface area contributed by atoms with E-state index in [2.05, 4.69) is 25.5 Å². The van der Waals surface area contributed by atoms with E-state index in [0.717, 1.165) is 49.1 Å². The highest BCUT2D eigenvalue weighted by Gasteiger charge is 2.50. The predicted octanol–water partition coefficient (Wildman–Crippen LogP) is 1.04. The second-order valence-electron chi connectivity index (χ2n) is 8.41. The van der Waals surface area contributed by atoms with Gasteiger partial charge in [0.25, 0.3) is 5.91 Å². The van der Waals surface area contributed by atoms with Crippen molar-refractivity contribution in [3.63, 3.8) is 0 Å². The van der Waals surface area contributed by atoms with Crippen molar-refractivity contribution in [2.75, 3.05) is 39.9 Å². The van der Waals surface area contributed by atoms with Crippen LogP contribution in [0, 0.1) is 0 Å². The quantitative estimate of drug-likeness (QED) is 0.584. The van der Waals surface area contributed by atoms with Gasteiger partial charge in [-0.25, -0.2) is 4.68 Å². The standard InChI is InChI=1S/C21H28N8O2/c1-26-17-8-4-3-7-16(17)18(23-26)19(30)27-12-9-21(15-27,28-10-5-6-11-28)20-22-24-25-29(20)13-14-31-2/h3-4,7-8H,5-6,9-15H2,1-2H3. The molecule has 3 aromatic rings. The first kappa shape index (κ1) is 20.1. The smallest absolute Gasteiger partial charge is 0.275 e. The third kappa shape index (κ3) is 3.30. The number of nitrogens with zero attached hydrogens (tertiary/aromatic N) is 8. The lowest BCUT2D eigenvalue weighted by Gasteiger charge is -2.37. The molecular weight excluding hydrogens is 396 g/mol. The second-order valence-corrected chi connectivity index (χ2v) is 8.41. The highest BCUT2D eigenvalue weighted by atomic mass is 16.5. The third-order valence-electron chi connectivity index (χ3n) is 6.66. The van der Waals surface area contributed by atoms with Crippen LogP contribution in [0.2, 0.25) is 0 Å². The molecule has 5 rings (SSSR count). The molecule has 4 heterocycles. The van der Waals surface area contributed by atoms with Gasteiger partial charge in [-0.3, -0.25) is 14.4 Å². The summed E-state index contributed by atoms with van der Waals surface area (Å²) in [5.74, 6) is 0.793. The zero-order valence-electron chi connectivity index (χ0n) is 18.1. The summed E-state index contributed by atoms with van der Waals surface area (Å²) in [6.07, 6.45) is 3.11. The van der Waals surface area contributed by atoms with E-state index in [9.17, 15) is 4.79 Å². The minimum absolute atomic E-state index is 0.0335. The van der Waals surface area contributed by atoms with Gasteiger partial charge in [0, 0.05) is 32.6 Å². The summed E-state index contributed by atoms with van der Waals surface area (Å²) in [5, 5.41) is 18.1. The summed E-state index contributed by atoms with van der Waals surface area (Å²) in [4.78, 5) is 17.9. The summed E-state index contributed by atoms with van der Waals surface area (Å²) >= 11 is 0. The summed E-state index contributed by atoms with van der Waals surface area (Å²) in [6, 6.07) is 7.86. The molecule has 2 aliphatic heterocycles. The molecule has 31 heavy (non-hydrogen) atoms. The van der Waals surface area contributed by atoms with Gasteiger partial charge < -0.3 is 9.64 Å². The Morgan fingerprint density at radius 3 is 2.81 bits per heavy atom. The molecule has 0 spiro atoms. The van der Waals surface area contributed by atoms with Gasteiger partial charge in [0.1, 0.15) is 5.54 Å². The molecule has 0 N–H and O–H groups in total. The molecule has 0 bridgehead atoms. The highest BCUT2D eigenvalue weighted by molar-refractivity contribution is 6.05. The number of ether oxygens (including phenoxy) is 1.